The van der Waals surface area contributed by atoms with E-state index in [2.05, 4.69) is 17.5 Å². The second-order valence-corrected chi connectivity index (χ2v) is 4.60. The van der Waals surface area contributed by atoms with E-state index in [0.717, 1.165) is 23.4 Å². The third-order valence-corrected chi connectivity index (χ3v) is 3.18. The molecule has 0 spiro atoms. The number of ether oxygens (including phenoxy) is 2. The van der Waals surface area contributed by atoms with Crippen molar-refractivity contribution in [1.82, 2.24) is 5.32 Å². The van der Waals surface area contributed by atoms with Crippen LogP contribution in [0.5, 0.6) is 11.5 Å². The highest BCUT2D eigenvalue weighted by Crippen LogP contribution is 2.19. The Labute approximate surface area is 124 Å². The Morgan fingerprint density at radius 2 is 1.76 bits per heavy atom. The zero-order chi connectivity index (χ0) is 15.1. The Balaban J connectivity index is 1.95. The number of methoxy groups -OCH3 is 2. The summed E-state index contributed by atoms with van der Waals surface area (Å²) in [6, 6.07) is 15.7. The quantitative estimate of drug-likeness (QED) is 0.885. The van der Waals surface area contributed by atoms with Crippen LogP contribution in [0, 0.1) is 11.3 Å². The van der Waals surface area contributed by atoms with Crippen molar-refractivity contribution in [3.05, 3.63) is 59.2 Å². The largest absolute Gasteiger partial charge is 0.497 e. The van der Waals surface area contributed by atoms with Gasteiger partial charge in [0.25, 0.3) is 0 Å². The Morgan fingerprint density at radius 1 is 1.00 bits per heavy atom. The number of benzene rings is 2. The van der Waals surface area contributed by atoms with Gasteiger partial charge in [0, 0.05) is 13.1 Å². The maximum absolute atomic E-state index is 8.96. The second kappa shape index (κ2) is 7.32. The molecule has 0 fully saturated rings. The van der Waals surface area contributed by atoms with Gasteiger partial charge in [0.2, 0.25) is 0 Å². The Morgan fingerprint density at radius 3 is 2.43 bits per heavy atom. The molecule has 0 aliphatic carbocycles. The SMILES string of the molecule is COc1cccc(CNCc2ccc(C#N)c(OC)c2)c1. The van der Waals surface area contributed by atoms with E-state index >= 15 is 0 Å². The van der Waals surface area contributed by atoms with Gasteiger partial charge in [0.05, 0.1) is 19.8 Å². The van der Waals surface area contributed by atoms with Gasteiger partial charge in [0.15, 0.2) is 0 Å². The second-order valence-electron chi connectivity index (χ2n) is 4.60. The third-order valence-electron chi connectivity index (χ3n) is 3.18. The smallest absolute Gasteiger partial charge is 0.136 e. The van der Waals surface area contributed by atoms with Crippen LogP contribution < -0.4 is 14.8 Å². The van der Waals surface area contributed by atoms with E-state index in [1.54, 1.807) is 20.3 Å². The summed E-state index contributed by atoms with van der Waals surface area (Å²) < 4.78 is 10.4. The fraction of sp³-hybridized carbons (Fsp3) is 0.235. The zero-order valence-corrected chi connectivity index (χ0v) is 12.2. The van der Waals surface area contributed by atoms with E-state index in [1.807, 2.05) is 30.3 Å². The fourth-order valence-electron chi connectivity index (χ4n) is 2.07. The van der Waals surface area contributed by atoms with Crippen molar-refractivity contribution in [2.45, 2.75) is 13.1 Å². The number of nitrogens with one attached hydrogen (secondary N) is 1. The topological polar surface area (TPSA) is 54.3 Å². The molecule has 0 aromatic heterocycles. The molecule has 108 valence electrons. The van der Waals surface area contributed by atoms with Crippen LogP contribution in [-0.4, -0.2) is 14.2 Å². The Hall–Kier alpha value is -2.51. The lowest BCUT2D eigenvalue weighted by atomic mass is 10.1. The molecule has 0 aliphatic heterocycles. The number of hydrogen-bond donors (Lipinski definition) is 1. The third kappa shape index (κ3) is 3.98. The number of hydrogen-bond acceptors (Lipinski definition) is 4. The lowest BCUT2D eigenvalue weighted by Crippen LogP contribution is -2.12. The van der Waals surface area contributed by atoms with Crippen LogP contribution in [0.3, 0.4) is 0 Å². The minimum absolute atomic E-state index is 0.550. The average molecular weight is 282 g/mol. The van der Waals surface area contributed by atoms with Crippen LogP contribution in [0.15, 0.2) is 42.5 Å². The molecule has 4 nitrogen and oxygen atoms in total. The van der Waals surface area contributed by atoms with Gasteiger partial charge in [-0.25, -0.2) is 0 Å². The molecule has 0 radical (unpaired) electrons. The molecule has 21 heavy (non-hydrogen) atoms. The maximum Gasteiger partial charge on any atom is 0.136 e. The van der Waals surface area contributed by atoms with Gasteiger partial charge < -0.3 is 14.8 Å². The molecule has 0 atom stereocenters. The zero-order valence-electron chi connectivity index (χ0n) is 12.2. The van der Waals surface area contributed by atoms with Crippen molar-refractivity contribution in [2.75, 3.05) is 14.2 Å². The number of nitriles is 1. The van der Waals surface area contributed by atoms with Gasteiger partial charge in [-0.3, -0.25) is 0 Å². The first-order chi connectivity index (χ1) is 10.3. The predicted octanol–water partition coefficient (Wildman–Crippen LogP) is 2.87. The monoisotopic (exact) mass is 282 g/mol. The van der Waals surface area contributed by atoms with Crippen molar-refractivity contribution in [3.63, 3.8) is 0 Å². The fourth-order valence-corrected chi connectivity index (χ4v) is 2.07. The van der Waals surface area contributed by atoms with Crippen LogP contribution >= 0.6 is 0 Å². The summed E-state index contributed by atoms with van der Waals surface area (Å²) in [6.07, 6.45) is 0. The van der Waals surface area contributed by atoms with Crippen molar-refractivity contribution >= 4 is 0 Å². The molecule has 0 aliphatic rings. The van der Waals surface area contributed by atoms with E-state index in [0.29, 0.717) is 17.9 Å². The molecule has 0 amide bonds. The van der Waals surface area contributed by atoms with Gasteiger partial charge in [-0.15, -0.1) is 0 Å². The lowest BCUT2D eigenvalue weighted by molar-refractivity contribution is 0.412. The van der Waals surface area contributed by atoms with E-state index < -0.39 is 0 Å². The first-order valence-electron chi connectivity index (χ1n) is 6.67. The summed E-state index contributed by atoms with van der Waals surface area (Å²) >= 11 is 0. The van der Waals surface area contributed by atoms with Crippen molar-refractivity contribution < 1.29 is 9.47 Å². The van der Waals surface area contributed by atoms with Crippen LogP contribution in [0.2, 0.25) is 0 Å². The molecule has 0 heterocycles. The van der Waals surface area contributed by atoms with Crippen LogP contribution in [0.4, 0.5) is 0 Å². The van der Waals surface area contributed by atoms with E-state index in [-0.39, 0.29) is 0 Å². The molecular weight excluding hydrogens is 264 g/mol. The van der Waals surface area contributed by atoms with E-state index in [9.17, 15) is 0 Å². The molecule has 0 saturated heterocycles. The normalized spacial score (nSPS) is 9.95. The highest BCUT2D eigenvalue weighted by atomic mass is 16.5. The van der Waals surface area contributed by atoms with Crippen molar-refractivity contribution in [2.24, 2.45) is 0 Å². The van der Waals surface area contributed by atoms with Crippen LogP contribution in [0.1, 0.15) is 16.7 Å². The molecule has 0 bridgehead atoms. The molecule has 1 N–H and O–H groups in total. The molecule has 0 saturated carbocycles. The summed E-state index contributed by atoms with van der Waals surface area (Å²) in [5.74, 6) is 1.47. The Bertz CT molecular complexity index is 647. The standard InChI is InChI=1S/C17H18N2O2/c1-20-16-5-3-4-13(8-16)11-19-12-14-6-7-15(10-18)17(9-14)21-2/h3-9,19H,11-12H2,1-2H3. The first kappa shape index (κ1) is 14.9. The van der Waals surface area contributed by atoms with Gasteiger partial charge in [-0.2, -0.15) is 5.26 Å². The summed E-state index contributed by atoms with van der Waals surface area (Å²) in [4.78, 5) is 0. The molecular formula is C17H18N2O2. The van der Waals surface area contributed by atoms with Gasteiger partial charge in [0.1, 0.15) is 17.6 Å². The summed E-state index contributed by atoms with van der Waals surface area (Å²) in [6.45, 7) is 1.46. The van der Waals surface area contributed by atoms with E-state index in [1.165, 1.54) is 0 Å². The first-order valence-corrected chi connectivity index (χ1v) is 6.67. The Kier molecular flexibility index (Phi) is 5.19. The molecule has 2 aromatic carbocycles. The van der Waals surface area contributed by atoms with Gasteiger partial charge >= 0.3 is 0 Å². The molecule has 2 aromatic rings. The van der Waals surface area contributed by atoms with Crippen molar-refractivity contribution in [1.29, 1.82) is 5.26 Å². The summed E-state index contributed by atoms with van der Waals surface area (Å²) in [5, 5.41) is 12.3. The summed E-state index contributed by atoms with van der Waals surface area (Å²) in [5.41, 5.74) is 2.79. The minimum Gasteiger partial charge on any atom is -0.497 e. The molecule has 0 unspecified atom stereocenters. The number of nitrogens with zero attached hydrogens (tertiary/aromatic N) is 1. The lowest BCUT2D eigenvalue weighted by Gasteiger charge is -2.09. The van der Waals surface area contributed by atoms with Crippen molar-refractivity contribution in [3.8, 4) is 17.6 Å². The highest BCUT2D eigenvalue weighted by molar-refractivity contribution is 5.45. The predicted molar refractivity (Wildman–Crippen MR) is 81.2 cm³/mol. The van der Waals surface area contributed by atoms with E-state index in [4.69, 9.17) is 14.7 Å². The highest BCUT2D eigenvalue weighted by Gasteiger charge is 2.03. The van der Waals surface area contributed by atoms with Crippen LogP contribution in [-0.2, 0) is 13.1 Å². The van der Waals surface area contributed by atoms with Gasteiger partial charge in [-0.1, -0.05) is 18.2 Å². The number of rotatable bonds is 6. The molecule has 2 rings (SSSR count). The summed E-state index contributed by atoms with van der Waals surface area (Å²) in [7, 11) is 3.24. The maximum atomic E-state index is 8.96. The average Bonchev–Trinajstić information content (AvgIpc) is 2.55. The van der Waals surface area contributed by atoms with Crippen LogP contribution in [0.25, 0.3) is 0 Å². The minimum atomic E-state index is 0.550. The van der Waals surface area contributed by atoms with Gasteiger partial charge in [-0.05, 0) is 35.4 Å². The molecule has 4 heteroatoms.